The standard InChI is InChI=1S/C26H23FN4O/c1-18-6-8-19(9-7-18)24-28-23-5-3-2-4-22(23)25(29-24)30-14-16-31(17-15-30)26(32)20-10-12-21(27)13-11-20/h2-13H,14-17H2,1H3. The van der Waals surface area contributed by atoms with Crippen LogP contribution in [0.25, 0.3) is 22.3 Å². The third-order valence-electron chi connectivity index (χ3n) is 5.85. The summed E-state index contributed by atoms with van der Waals surface area (Å²) in [6, 6.07) is 22.0. The fraction of sp³-hybridized carbons (Fsp3) is 0.192. The fourth-order valence-corrected chi connectivity index (χ4v) is 4.03. The fourth-order valence-electron chi connectivity index (χ4n) is 4.03. The molecule has 1 fully saturated rings. The molecule has 32 heavy (non-hydrogen) atoms. The second-order valence-corrected chi connectivity index (χ2v) is 8.04. The van der Waals surface area contributed by atoms with Crippen molar-refractivity contribution in [1.82, 2.24) is 14.9 Å². The van der Waals surface area contributed by atoms with Crippen LogP contribution in [0.4, 0.5) is 10.2 Å². The van der Waals surface area contributed by atoms with E-state index in [4.69, 9.17) is 9.97 Å². The van der Waals surface area contributed by atoms with Gasteiger partial charge in [0.2, 0.25) is 0 Å². The number of aromatic nitrogens is 2. The molecule has 1 aliphatic rings. The number of aryl methyl sites for hydroxylation is 1. The van der Waals surface area contributed by atoms with Crippen LogP contribution in [0.2, 0.25) is 0 Å². The van der Waals surface area contributed by atoms with Crippen molar-refractivity contribution in [2.24, 2.45) is 0 Å². The number of carbonyl (C=O) groups is 1. The Morgan fingerprint density at radius 1 is 0.844 bits per heavy atom. The molecule has 6 heteroatoms. The minimum Gasteiger partial charge on any atom is -0.352 e. The van der Waals surface area contributed by atoms with Crippen LogP contribution in [-0.4, -0.2) is 47.0 Å². The van der Waals surface area contributed by atoms with Gasteiger partial charge in [0.1, 0.15) is 11.6 Å². The number of rotatable bonds is 3. The van der Waals surface area contributed by atoms with Crippen LogP contribution < -0.4 is 4.90 Å². The Bertz CT molecular complexity index is 1260. The second kappa shape index (κ2) is 8.38. The molecule has 0 aliphatic carbocycles. The molecule has 1 aliphatic heterocycles. The van der Waals surface area contributed by atoms with Crippen molar-refractivity contribution in [3.63, 3.8) is 0 Å². The van der Waals surface area contributed by atoms with Gasteiger partial charge in [-0.25, -0.2) is 14.4 Å². The van der Waals surface area contributed by atoms with Crippen molar-refractivity contribution in [3.8, 4) is 11.4 Å². The number of fused-ring (bicyclic) bond motifs is 1. The monoisotopic (exact) mass is 426 g/mol. The van der Waals surface area contributed by atoms with Crippen LogP contribution in [0.1, 0.15) is 15.9 Å². The molecule has 5 nitrogen and oxygen atoms in total. The molecule has 0 N–H and O–H groups in total. The smallest absolute Gasteiger partial charge is 0.253 e. The Hall–Kier alpha value is -3.80. The Balaban J connectivity index is 1.42. The molecule has 1 amide bonds. The molecule has 4 aromatic rings. The van der Waals surface area contributed by atoms with E-state index in [0.717, 1.165) is 22.3 Å². The number of halogens is 1. The predicted molar refractivity (Wildman–Crippen MR) is 124 cm³/mol. The number of amides is 1. The normalized spacial score (nSPS) is 14.1. The molecule has 0 saturated carbocycles. The van der Waals surface area contributed by atoms with Gasteiger partial charge in [-0.1, -0.05) is 42.0 Å². The summed E-state index contributed by atoms with van der Waals surface area (Å²) in [6.07, 6.45) is 0. The van der Waals surface area contributed by atoms with Crippen molar-refractivity contribution < 1.29 is 9.18 Å². The average molecular weight is 426 g/mol. The molecule has 0 bridgehead atoms. The maximum Gasteiger partial charge on any atom is 0.253 e. The van der Waals surface area contributed by atoms with Crippen molar-refractivity contribution in [2.75, 3.05) is 31.1 Å². The van der Waals surface area contributed by atoms with Gasteiger partial charge >= 0.3 is 0 Å². The first kappa shape index (κ1) is 20.1. The summed E-state index contributed by atoms with van der Waals surface area (Å²) in [4.78, 5) is 26.5. The van der Waals surface area contributed by atoms with E-state index in [1.807, 2.05) is 41.3 Å². The SMILES string of the molecule is Cc1ccc(-c2nc(N3CCN(C(=O)c4ccc(F)cc4)CC3)c3ccccc3n2)cc1. The van der Waals surface area contributed by atoms with Gasteiger partial charge < -0.3 is 9.80 Å². The number of hydrogen-bond donors (Lipinski definition) is 0. The summed E-state index contributed by atoms with van der Waals surface area (Å²) in [7, 11) is 0. The minimum absolute atomic E-state index is 0.0717. The summed E-state index contributed by atoms with van der Waals surface area (Å²) in [5.74, 6) is 1.17. The average Bonchev–Trinajstić information content (AvgIpc) is 2.84. The van der Waals surface area contributed by atoms with Crippen LogP contribution in [0, 0.1) is 12.7 Å². The van der Waals surface area contributed by atoms with Gasteiger partial charge in [-0.15, -0.1) is 0 Å². The molecule has 5 rings (SSSR count). The van der Waals surface area contributed by atoms with Crippen LogP contribution in [-0.2, 0) is 0 Å². The number of hydrogen-bond acceptors (Lipinski definition) is 4. The molecule has 0 radical (unpaired) electrons. The maximum atomic E-state index is 13.2. The Kier molecular flexibility index (Phi) is 5.27. The molecule has 160 valence electrons. The Labute approximate surface area is 186 Å². The van der Waals surface area contributed by atoms with E-state index in [-0.39, 0.29) is 11.7 Å². The van der Waals surface area contributed by atoms with Gasteiger partial charge in [-0.05, 0) is 43.3 Å². The van der Waals surface area contributed by atoms with Crippen molar-refractivity contribution in [1.29, 1.82) is 0 Å². The highest BCUT2D eigenvalue weighted by atomic mass is 19.1. The first-order valence-corrected chi connectivity index (χ1v) is 10.7. The lowest BCUT2D eigenvalue weighted by molar-refractivity contribution is 0.0746. The topological polar surface area (TPSA) is 49.3 Å². The quantitative estimate of drug-likeness (QED) is 0.476. The zero-order valence-electron chi connectivity index (χ0n) is 17.8. The largest absolute Gasteiger partial charge is 0.352 e. The van der Waals surface area contributed by atoms with E-state index >= 15 is 0 Å². The summed E-state index contributed by atoms with van der Waals surface area (Å²) in [5.41, 5.74) is 3.58. The van der Waals surface area contributed by atoms with Crippen LogP contribution in [0.5, 0.6) is 0 Å². The Morgan fingerprint density at radius 2 is 1.53 bits per heavy atom. The molecule has 1 aromatic heterocycles. The highest BCUT2D eigenvalue weighted by Crippen LogP contribution is 2.28. The lowest BCUT2D eigenvalue weighted by Gasteiger charge is -2.36. The summed E-state index contributed by atoms with van der Waals surface area (Å²) < 4.78 is 13.2. The number of para-hydroxylation sites is 1. The van der Waals surface area contributed by atoms with Gasteiger partial charge in [0, 0.05) is 42.7 Å². The number of nitrogens with zero attached hydrogens (tertiary/aromatic N) is 4. The van der Waals surface area contributed by atoms with Gasteiger partial charge in [-0.2, -0.15) is 0 Å². The van der Waals surface area contributed by atoms with Crippen LogP contribution in [0.15, 0.2) is 72.8 Å². The second-order valence-electron chi connectivity index (χ2n) is 8.04. The summed E-state index contributed by atoms with van der Waals surface area (Å²) >= 11 is 0. The molecule has 0 unspecified atom stereocenters. The lowest BCUT2D eigenvalue weighted by Crippen LogP contribution is -2.49. The Morgan fingerprint density at radius 3 is 2.25 bits per heavy atom. The molecule has 3 aromatic carbocycles. The highest BCUT2D eigenvalue weighted by molar-refractivity contribution is 5.95. The summed E-state index contributed by atoms with van der Waals surface area (Å²) in [6.45, 7) is 4.55. The lowest BCUT2D eigenvalue weighted by atomic mass is 10.1. The van der Waals surface area contributed by atoms with E-state index in [9.17, 15) is 9.18 Å². The molecular weight excluding hydrogens is 403 g/mol. The van der Waals surface area contributed by atoms with Gasteiger partial charge in [0.15, 0.2) is 5.82 Å². The molecule has 0 spiro atoms. The van der Waals surface area contributed by atoms with Crippen molar-refractivity contribution in [3.05, 3.63) is 89.7 Å². The third kappa shape index (κ3) is 3.91. The number of anilines is 1. The first-order valence-electron chi connectivity index (χ1n) is 10.7. The third-order valence-corrected chi connectivity index (χ3v) is 5.85. The van der Waals surface area contributed by atoms with Crippen LogP contribution >= 0.6 is 0 Å². The highest BCUT2D eigenvalue weighted by Gasteiger charge is 2.24. The predicted octanol–water partition coefficient (Wildman–Crippen LogP) is 4.71. The van der Waals surface area contributed by atoms with Crippen molar-refractivity contribution >= 4 is 22.6 Å². The number of carbonyl (C=O) groups excluding carboxylic acids is 1. The number of benzene rings is 3. The zero-order chi connectivity index (χ0) is 22.1. The minimum atomic E-state index is -0.341. The molecule has 1 saturated heterocycles. The zero-order valence-corrected chi connectivity index (χ0v) is 17.8. The first-order chi connectivity index (χ1) is 15.6. The number of piperazine rings is 1. The summed E-state index contributed by atoms with van der Waals surface area (Å²) in [5, 5.41) is 1.00. The van der Waals surface area contributed by atoms with Gasteiger partial charge in [0.05, 0.1) is 5.52 Å². The maximum absolute atomic E-state index is 13.2. The molecule has 2 heterocycles. The van der Waals surface area contributed by atoms with E-state index in [1.165, 1.54) is 29.8 Å². The van der Waals surface area contributed by atoms with E-state index in [0.29, 0.717) is 37.6 Å². The van der Waals surface area contributed by atoms with E-state index in [1.54, 1.807) is 0 Å². The van der Waals surface area contributed by atoms with Crippen molar-refractivity contribution in [2.45, 2.75) is 6.92 Å². The van der Waals surface area contributed by atoms with E-state index in [2.05, 4.69) is 24.0 Å². The van der Waals surface area contributed by atoms with E-state index < -0.39 is 0 Å². The van der Waals surface area contributed by atoms with Gasteiger partial charge in [0.25, 0.3) is 5.91 Å². The molecular formula is C26H23FN4O. The molecule has 0 atom stereocenters. The van der Waals surface area contributed by atoms with Gasteiger partial charge in [-0.3, -0.25) is 4.79 Å². The van der Waals surface area contributed by atoms with Crippen LogP contribution in [0.3, 0.4) is 0 Å².